The van der Waals surface area contributed by atoms with Crippen LogP contribution in [0.5, 0.6) is 0 Å². The van der Waals surface area contributed by atoms with Gasteiger partial charge in [-0.15, -0.1) is 5.10 Å². The van der Waals surface area contributed by atoms with Crippen molar-refractivity contribution in [3.05, 3.63) is 59.2 Å². The molecule has 27 heavy (non-hydrogen) atoms. The van der Waals surface area contributed by atoms with Gasteiger partial charge in [-0.3, -0.25) is 9.59 Å². The van der Waals surface area contributed by atoms with Gasteiger partial charge in [-0.1, -0.05) is 23.4 Å². The number of para-hydroxylation sites is 1. The number of rotatable bonds is 6. The van der Waals surface area contributed by atoms with Crippen molar-refractivity contribution in [3.63, 3.8) is 0 Å². The van der Waals surface area contributed by atoms with Crippen LogP contribution in [0.1, 0.15) is 33.9 Å². The predicted molar refractivity (Wildman–Crippen MR) is 94.4 cm³/mol. The van der Waals surface area contributed by atoms with Crippen LogP contribution in [0.25, 0.3) is 5.69 Å². The largest absolute Gasteiger partial charge is 0.480 e. The number of nitrogens with zero attached hydrogens (tertiary/aromatic N) is 5. The first kappa shape index (κ1) is 17.0. The van der Waals surface area contributed by atoms with E-state index in [1.54, 1.807) is 0 Å². The Hall–Kier alpha value is -3.49. The second-order valence-electron chi connectivity index (χ2n) is 6.36. The van der Waals surface area contributed by atoms with Gasteiger partial charge in [0.15, 0.2) is 5.69 Å². The van der Waals surface area contributed by atoms with Crippen molar-refractivity contribution >= 4 is 11.9 Å². The summed E-state index contributed by atoms with van der Waals surface area (Å²) in [6.07, 6.45) is 4.24. The Bertz CT molecular complexity index is 992. The molecule has 2 aromatic heterocycles. The summed E-state index contributed by atoms with van der Waals surface area (Å²) in [5.41, 5.74) is 3.93. The first-order chi connectivity index (χ1) is 13.1. The molecule has 1 aromatic carbocycles. The van der Waals surface area contributed by atoms with Crippen LogP contribution in [0.2, 0.25) is 0 Å². The number of aliphatic carboxylic acids is 1. The molecule has 1 aliphatic rings. The van der Waals surface area contributed by atoms with E-state index in [2.05, 4.69) is 20.7 Å². The van der Waals surface area contributed by atoms with Crippen LogP contribution in [0, 0.1) is 0 Å². The highest BCUT2D eigenvalue weighted by Crippen LogP contribution is 2.27. The molecule has 2 N–H and O–H groups in total. The highest BCUT2D eigenvalue weighted by atomic mass is 16.4. The van der Waals surface area contributed by atoms with Crippen molar-refractivity contribution in [2.24, 2.45) is 0 Å². The molecule has 0 fully saturated rings. The van der Waals surface area contributed by atoms with Crippen LogP contribution in [0.15, 0.2) is 36.5 Å². The van der Waals surface area contributed by atoms with E-state index in [-0.39, 0.29) is 19.0 Å². The van der Waals surface area contributed by atoms with E-state index in [0.29, 0.717) is 11.4 Å². The van der Waals surface area contributed by atoms with Gasteiger partial charge in [-0.2, -0.15) is 5.10 Å². The summed E-state index contributed by atoms with van der Waals surface area (Å²) < 4.78 is 3.06. The minimum atomic E-state index is -1.00. The molecule has 0 saturated heterocycles. The third-order valence-electron chi connectivity index (χ3n) is 4.46. The number of carboxylic acid groups (broad SMARTS) is 1. The van der Waals surface area contributed by atoms with E-state index >= 15 is 0 Å². The molecule has 1 aliphatic carbocycles. The maximum Gasteiger partial charge on any atom is 0.325 e. The molecular formula is C18H18N6O3. The summed E-state index contributed by atoms with van der Waals surface area (Å²) >= 11 is 0. The zero-order valence-electron chi connectivity index (χ0n) is 14.5. The average Bonchev–Trinajstić information content (AvgIpc) is 3.36. The third kappa shape index (κ3) is 3.43. The van der Waals surface area contributed by atoms with Crippen LogP contribution >= 0.6 is 0 Å². The van der Waals surface area contributed by atoms with Crippen LogP contribution < -0.4 is 5.32 Å². The highest BCUT2D eigenvalue weighted by molar-refractivity contribution is 5.94. The van der Waals surface area contributed by atoms with Gasteiger partial charge in [-0.25, -0.2) is 9.36 Å². The van der Waals surface area contributed by atoms with E-state index in [4.69, 9.17) is 5.11 Å². The topological polar surface area (TPSA) is 115 Å². The number of fused-ring (bicyclic) bond motifs is 1. The average molecular weight is 366 g/mol. The molecule has 4 rings (SSSR count). The predicted octanol–water partition coefficient (Wildman–Crippen LogP) is 0.967. The van der Waals surface area contributed by atoms with Gasteiger partial charge in [0.05, 0.1) is 18.4 Å². The van der Waals surface area contributed by atoms with Gasteiger partial charge >= 0.3 is 5.97 Å². The minimum absolute atomic E-state index is 0.158. The van der Waals surface area contributed by atoms with Crippen LogP contribution in [-0.4, -0.2) is 41.8 Å². The molecule has 138 valence electrons. The van der Waals surface area contributed by atoms with Crippen molar-refractivity contribution in [2.75, 3.05) is 0 Å². The number of nitrogens with one attached hydrogen (secondary N) is 1. The third-order valence-corrected chi connectivity index (χ3v) is 4.46. The fourth-order valence-corrected chi connectivity index (χ4v) is 3.29. The first-order valence-electron chi connectivity index (χ1n) is 8.67. The molecule has 2 heterocycles. The molecule has 0 aliphatic heterocycles. The molecular weight excluding hydrogens is 348 g/mol. The first-order valence-corrected chi connectivity index (χ1v) is 8.67. The summed E-state index contributed by atoms with van der Waals surface area (Å²) in [7, 11) is 0. The fourth-order valence-electron chi connectivity index (χ4n) is 3.29. The minimum Gasteiger partial charge on any atom is -0.480 e. The number of carboxylic acids is 1. The van der Waals surface area contributed by atoms with E-state index in [0.717, 1.165) is 36.2 Å². The number of benzene rings is 1. The lowest BCUT2D eigenvalue weighted by molar-refractivity contribution is -0.137. The lowest BCUT2D eigenvalue weighted by Crippen LogP contribution is -2.24. The molecule has 0 spiro atoms. The second-order valence-corrected chi connectivity index (χ2v) is 6.36. The lowest BCUT2D eigenvalue weighted by atomic mass is 10.2. The van der Waals surface area contributed by atoms with Crippen molar-refractivity contribution < 1.29 is 14.7 Å². The summed E-state index contributed by atoms with van der Waals surface area (Å²) in [5, 5.41) is 23.7. The molecule has 0 unspecified atom stereocenters. The summed E-state index contributed by atoms with van der Waals surface area (Å²) in [6, 6.07) is 9.76. The fraction of sp³-hybridized carbons (Fsp3) is 0.278. The van der Waals surface area contributed by atoms with Crippen molar-refractivity contribution in [1.29, 1.82) is 0 Å². The Morgan fingerprint density at radius 1 is 1.19 bits per heavy atom. The number of carbonyl (C=O) groups excluding carboxylic acids is 1. The van der Waals surface area contributed by atoms with E-state index in [9.17, 15) is 9.59 Å². The van der Waals surface area contributed by atoms with Crippen LogP contribution in [0.3, 0.4) is 0 Å². The van der Waals surface area contributed by atoms with Gasteiger partial charge in [0.2, 0.25) is 0 Å². The van der Waals surface area contributed by atoms with Crippen molar-refractivity contribution in [1.82, 2.24) is 30.1 Å². The Morgan fingerprint density at radius 3 is 2.78 bits per heavy atom. The number of carbonyl (C=O) groups is 2. The summed E-state index contributed by atoms with van der Waals surface area (Å²) in [5.74, 6) is -1.27. The smallest absolute Gasteiger partial charge is 0.325 e. The molecule has 0 saturated carbocycles. The number of hydrogen-bond donors (Lipinski definition) is 2. The second kappa shape index (κ2) is 7.02. The summed E-state index contributed by atoms with van der Waals surface area (Å²) in [6.45, 7) is -0.110. The Kier molecular flexibility index (Phi) is 4.41. The van der Waals surface area contributed by atoms with E-state index < -0.39 is 5.97 Å². The normalized spacial score (nSPS) is 12.7. The Morgan fingerprint density at radius 2 is 2.00 bits per heavy atom. The van der Waals surface area contributed by atoms with Gasteiger partial charge in [-0.05, 0) is 31.4 Å². The summed E-state index contributed by atoms with van der Waals surface area (Å²) in [4.78, 5) is 23.4. The Labute approximate surface area is 154 Å². The quantitative estimate of drug-likeness (QED) is 0.672. The van der Waals surface area contributed by atoms with E-state index in [1.165, 1.54) is 10.9 Å². The highest BCUT2D eigenvalue weighted by Gasteiger charge is 2.26. The molecule has 0 radical (unpaired) electrons. The van der Waals surface area contributed by atoms with Gasteiger partial charge < -0.3 is 10.4 Å². The SMILES string of the molecule is O=C(O)Cn1cc(CNC(=O)c2nn(-c3ccccc3)c3c2CCC3)nn1. The molecule has 9 heteroatoms. The van der Waals surface area contributed by atoms with Crippen molar-refractivity contribution in [2.45, 2.75) is 32.4 Å². The number of aromatic nitrogens is 5. The lowest BCUT2D eigenvalue weighted by Gasteiger charge is -2.04. The van der Waals surface area contributed by atoms with Crippen LogP contribution in [-0.2, 0) is 30.7 Å². The number of amides is 1. The van der Waals surface area contributed by atoms with Crippen LogP contribution in [0.4, 0.5) is 0 Å². The molecule has 0 atom stereocenters. The Balaban J connectivity index is 1.51. The molecule has 9 nitrogen and oxygen atoms in total. The van der Waals surface area contributed by atoms with Gasteiger partial charge in [0.1, 0.15) is 12.2 Å². The molecule has 3 aromatic rings. The number of hydrogen-bond acceptors (Lipinski definition) is 5. The standard InChI is InChI=1S/C18H18N6O3/c25-16(26)11-23-10-12(20-22-23)9-19-18(27)17-14-7-4-8-15(14)24(21-17)13-5-2-1-3-6-13/h1-3,5-6,10H,4,7-9,11H2,(H,19,27)(H,25,26). The molecule has 0 bridgehead atoms. The monoisotopic (exact) mass is 366 g/mol. The van der Waals surface area contributed by atoms with E-state index in [1.807, 2.05) is 35.0 Å². The maximum atomic E-state index is 12.7. The maximum absolute atomic E-state index is 12.7. The molecule has 1 amide bonds. The van der Waals surface area contributed by atoms with Gasteiger partial charge in [0, 0.05) is 11.3 Å². The van der Waals surface area contributed by atoms with Crippen molar-refractivity contribution in [3.8, 4) is 5.69 Å². The zero-order valence-corrected chi connectivity index (χ0v) is 14.5. The zero-order chi connectivity index (χ0) is 18.8. The van der Waals surface area contributed by atoms with Gasteiger partial charge in [0.25, 0.3) is 5.91 Å².